The molecule has 2 aromatic carbocycles. The van der Waals surface area contributed by atoms with Gasteiger partial charge in [-0.25, -0.2) is 4.79 Å². The van der Waals surface area contributed by atoms with E-state index in [1.165, 1.54) is 0 Å². The number of aromatic nitrogens is 3. The molecule has 0 spiro atoms. The predicted octanol–water partition coefficient (Wildman–Crippen LogP) is 4.81. The first kappa shape index (κ1) is 21.4. The number of nitriles is 1. The Morgan fingerprint density at radius 1 is 1.19 bits per heavy atom. The molecule has 2 atom stereocenters. The van der Waals surface area contributed by atoms with Gasteiger partial charge in [0.25, 0.3) is 0 Å². The lowest BCUT2D eigenvalue weighted by molar-refractivity contribution is -0.137. The number of carbonyl (C=O) groups is 1. The van der Waals surface area contributed by atoms with Gasteiger partial charge in [0.1, 0.15) is 0 Å². The lowest BCUT2D eigenvalue weighted by Gasteiger charge is -2.16. The van der Waals surface area contributed by atoms with E-state index in [1.807, 2.05) is 20.0 Å². The molecule has 0 aliphatic heterocycles. The average Bonchev–Trinajstić information content (AvgIpc) is 3.29. The molecule has 0 aliphatic rings. The summed E-state index contributed by atoms with van der Waals surface area (Å²) in [4.78, 5) is 28.5. The molecule has 7 nitrogen and oxygen atoms in total. The largest absolute Gasteiger partial charge is 0.481 e. The van der Waals surface area contributed by atoms with E-state index in [2.05, 4.69) is 37.0 Å². The van der Waals surface area contributed by atoms with E-state index < -0.39 is 12.0 Å². The average molecular weight is 431 g/mol. The van der Waals surface area contributed by atoms with E-state index in [-0.39, 0.29) is 18.2 Å². The highest BCUT2D eigenvalue weighted by Gasteiger charge is 2.26. The third-order valence-electron chi connectivity index (χ3n) is 6.27. The minimum Gasteiger partial charge on any atom is -0.481 e. The third kappa shape index (κ3) is 3.38. The van der Waals surface area contributed by atoms with Crippen molar-refractivity contribution in [2.45, 2.75) is 52.6 Å². The van der Waals surface area contributed by atoms with E-state index in [4.69, 9.17) is 0 Å². The number of aliphatic carboxylic acids is 1. The lowest BCUT2D eigenvalue weighted by atomic mass is 10.0. The first-order valence-corrected chi connectivity index (χ1v) is 10.7. The van der Waals surface area contributed by atoms with Crippen molar-refractivity contribution >= 4 is 27.9 Å². The molecule has 32 heavy (non-hydrogen) atoms. The number of nitrogens with one attached hydrogen (secondary N) is 1. The Kier molecular flexibility index (Phi) is 5.39. The smallest absolute Gasteiger partial charge is 0.329 e. The Morgan fingerprint density at radius 3 is 2.59 bits per heavy atom. The van der Waals surface area contributed by atoms with Crippen molar-refractivity contribution in [2.75, 3.05) is 0 Å². The number of aryl methyl sites for hydroxylation is 2. The van der Waals surface area contributed by atoms with E-state index in [1.54, 1.807) is 27.3 Å². The molecular formula is C25H26N4O3. The number of carboxylic acid groups (broad SMARTS) is 1. The summed E-state index contributed by atoms with van der Waals surface area (Å²) in [6.45, 7) is 7.95. The Balaban J connectivity index is 1.99. The van der Waals surface area contributed by atoms with Gasteiger partial charge in [0.05, 0.1) is 35.1 Å². The van der Waals surface area contributed by atoms with Crippen molar-refractivity contribution in [3.8, 4) is 6.07 Å². The van der Waals surface area contributed by atoms with E-state index in [0.717, 1.165) is 27.6 Å². The molecule has 0 radical (unpaired) electrons. The Bertz CT molecular complexity index is 1450. The fraction of sp³-hybridized carbons (Fsp3) is 0.320. The number of hydrogen-bond donors (Lipinski definition) is 2. The van der Waals surface area contributed by atoms with Gasteiger partial charge < -0.3 is 10.1 Å². The van der Waals surface area contributed by atoms with Crippen LogP contribution in [0, 0.1) is 25.2 Å². The zero-order valence-electron chi connectivity index (χ0n) is 18.6. The molecular weight excluding hydrogens is 404 g/mol. The monoisotopic (exact) mass is 430 g/mol. The van der Waals surface area contributed by atoms with Crippen LogP contribution in [-0.2, 0) is 4.79 Å². The van der Waals surface area contributed by atoms with Crippen LogP contribution in [0.4, 0.5) is 0 Å². The molecule has 0 saturated carbocycles. The summed E-state index contributed by atoms with van der Waals surface area (Å²) in [5.74, 6) is -0.961. The minimum absolute atomic E-state index is 0.161. The molecule has 4 aromatic rings. The summed E-state index contributed by atoms with van der Waals surface area (Å²) >= 11 is 0. The van der Waals surface area contributed by atoms with Gasteiger partial charge in [0, 0.05) is 28.7 Å². The van der Waals surface area contributed by atoms with Crippen LogP contribution in [0.2, 0.25) is 0 Å². The first-order valence-electron chi connectivity index (χ1n) is 10.7. The summed E-state index contributed by atoms with van der Waals surface area (Å²) in [5.41, 5.74) is 5.73. The number of benzene rings is 2. The zero-order chi connectivity index (χ0) is 23.2. The van der Waals surface area contributed by atoms with Crippen molar-refractivity contribution < 1.29 is 9.90 Å². The Hall–Kier alpha value is -3.79. The number of hydrogen-bond acceptors (Lipinski definition) is 3. The summed E-state index contributed by atoms with van der Waals surface area (Å²) < 4.78 is 3.26. The molecule has 2 unspecified atom stereocenters. The molecule has 2 heterocycles. The standard InChI is InChI=1S/C25H26N4O3/c1-5-18(11-23(30)31)29-22-10-17(12-26)6-7-21(22)28(25(29)32)16(4)19-13-27-20-9-14(2)8-15(3)24(19)20/h6-10,13,16,18,27H,5,11H2,1-4H3,(H,30,31). The number of rotatable bonds is 6. The molecule has 0 amide bonds. The lowest BCUT2D eigenvalue weighted by Crippen LogP contribution is -2.30. The van der Waals surface area contributed by atoms with Crippen molar-refractivity contribution in [1.29, 1.82) is 5.26 Å². The second kappa shape index (κ2) is 8.04. The second-order valence-corrected chi connectivity index (χ2v) is 8.42. The van der Waals surface area contributed by atoms with Crippen molar-refractivity contribution in [2.24, 2.45) is 0 Å². The normalized spacial score (nSPS) is 13.3. The maximum atomic E-state index is 13.7. The highest BCUT2D eigenvalue weighted by molar-refractivity contribution is 5.88. The summed E-state index contributed by atoms with van der Waals surface area (Å²) in [6, 6.07) is 10.7. The summed E-state index contributed by atoms with van der Waals surface area (Å²) in [7, 11) is 0. The number of H-pyrrole nitrogens is 1. The van der Waals surface area contributed by atoms with Crippen LogP contribution < -0.4 is 5.69 Å². The topological polar surface area (TPSA) is 104 Å². The van der Waals surface area contributed by atoms with Gasteiger partial charge in [-0.2, -0.15) is 5.26 Å². The zero-order valence-corrected chi connectivity index (χ0v) is 18.6. The molecule has 4 rings (SSSR count). The summed E-state index contributed by atoms with van der Waals surface area (Å²) in [5, 5.41) is 19.9. The van der Waals surface area contributed by atoms with Gasteiger partial charge in [-0.15, -0.1) is 0 Å². The minimum atomic E-state index is -0.961. The van der Waals surface area contributed by atoms with Gasteiger partial charge in [-0.3, -0.25) is 13.9 Å². The van der Waals surface area contributed by atoms with Crippen molar-refractivity contribution in [1.82, 2.24) is 14.1 Å². The van der Waals surface area contributed by atoms with Crippen LogP contribution in [0.1, 0.15) is 61.0 Å². The van der Waals surface area contributed by atoms with Crippen LogP contribution in [-0.4, -0.2) is 25.2 Å². The maximum absolute atomic E-state index is 13.7. The van der Waals surface area contributed by atoms with Gasteiger partial charge >= 0.3 is 11.7 Å². The summed E-state index contributed by atoms with van der Waals surface area (Å²) in [6.07, 6.45) is 2.27. The van der Waals surface area contributed by atoms with E-state index in [0.29, 0.717) is 23.0 Å². The van der Waals surface area contributed by atoms with E-state index >= 15 is 0 Å². The van der Waals surface area contributed by atoms with Gasteiger partial charge in [0.15, 0.2) is 0 Å². The fourth-order valence-corrected chi connectivity index (χ4v) is 4.82. The van der Waals surface area contributed by atoms with Crippen LogP contribution in [0.5, 0.6) is 0 Å². The number of aromatic amines is 1. The molecule has 0 saturated heterocycles. The van der Waals surface area contributed by atoms with Crippen molar-refractivity contribution in [3.05, 3.63) is 69.3 Å². The quantitative estimate of drug-likeness (QED) is 0.458. The molecule has 0 bridgehead atoms. The van der Waals surface area contributed by atoms with Crippen LogP contribution >= 0.6 is 0 Å². The van der Waals surface area contributed by atoms with Crippen LogP contribution in [0.25, 0.3) is 21.9 Å². The molecule has 7 heteroatoms. The van der Waals surface area contributed by atoms with Gasteiger partial charge in [-0.05, 0) is 62.6 Å². The SMILES string of the molecule is CCC(CC(=O)O)n1c(=O)n(C(C)c2c[nH]c3cc(C)cc(C)c23)c2ccc(C#N)cc21. The fourth-order valence-electron chi connectivity index (χ4n) is 4.82. The van der Waals surface area contributed by atoms with Gasteiger partial charge in [0.2, 0.25) is 0 Å². The molecule has 0 aliphatic carbocycles. The highest BCUT2D eigenvalue weighted by atomic mass is 16.4. The molecule has 164 valence electrons. The molecule has 2 aromatic heterocycles. The third-order valence-corrected chi connectivity index (χ3v) is 6.27. The Labute approximate surface area is 185 Å². The Morgan fingerprint density at radius 2 is 1.94 bits per heavy atom. The van der Waals surface area contributed by atoms with E-state index in [9.17, 15) is 20.0 Å². The van der Waals surface area contributed by atoms with Crippen LogP contribution in [0.3, 0.4) is 0 Å². The highest BCUT2D eigenvalue weighted by Crippen LogP contribution is 2.32. The number of imidazole rings is 1. The van der Waals surface area contributed by atoms with Crippen molar-refractivity contribution in [3.63, 3.8) is 0 Å². The first-order chi connectivity index (χ1) is 15.3. The number of nitrogens with zero attached hydrogens (tertiary/aromatic N) is 3. The maximum Gasteiger partial charge on any atom is 0.329 e. The predicted molar refractivity (Wildman–Crippen MR) is 124 cm³/mol. The number of fused-ring (bicyclic) bond motifs is 2. The molecule has 0 fully saturated rings. The number of carboxylic acids is 1. The van der Waals surface area contributed by atoms with Gasteiger partial charge in [-0.1, -0.05) is 13.0 Å². The second-order valence-electron chi connectivity index (χ2n) is 8.42. The van der Waals surface area contributed by atoms with Crippen LogP contribution in [0.15, 0.2) is 41.3 Å². The molecule has 2 N–H and O–H groups in total.